The second-order valence-electron chi connectivity index (χ2n) is 16.2. The van der Waals surface area contributed by atoms with Crippen molar-refractivity contribution in [3.63, 3.8) is 0 Å². The zero-order valence-corrected chi connectivity index (χ0v) is 28.9. The number of rotatable bonds is 7. The normalized spacial score (nSPS) is 45.2. The minimum absolute atomic E-state index is 0.0223. The molecule has 0 N–H and O–H groups in total. The molecule has 0 aromatic heterocycles. The van der Waals surface area contributed by atoms with Crippen LogP contribution in [0, 0.1) is 34.5 Å². The lowest BCUT2D eigenvalue weighted by Gasteiger charge is -2.52. The summed E-state index contributed by atoms with van der Waals surface area (Å²) in [7, 11) is -4.51. The molecule has 5 fully saturated rings. The number of carbonyl (C=O) groups excluding carboxylic acids is 2. The Morgan fingerprint density at radius 1 is 0.923 bits per heavy atom. The minimum Gasteiger partial charge on any atom is -0.469 e. The van der Waals surface area contributed by atoms with Gasteiger partial charge in [-0.05, 0) is 90.5 Å². The molecule has 1 saturated heterocycles. The minimum atomic E-state index is -2.11. The number of hydrogen-bond donors (Lipinski definition) is 0. The molecular weight excluding hydrogens is 545 g/mol. The predicted molar refractivity (Wildman–Crippen MR) is 158 cm³/mol. The lowest BCUT2D eigenvalue weighted by Crippen LogP contribution is -2.63. The van der Waals surface area contributed by atoms with E-state index in [1.54, 1.807) is 0 Å². The number of ether oxygens (including phenoxy) is 2. The van der Waals surface area contributed by atoms with Crippen molar-refractivity contribution in [1.82, 2.24) is 0 Å². The fourth-order valence-electron chi connectivity index (χ4n) is 9.47. The van der Waals surface area contributed by atoms with Crippen LogP contribution < -0.4 is 0 Å². The number of methoxy groups -OCH3 is 1. The fourth-order valence-corrected chi connectivity index (χ4v) is 12.9. The van der Waals surface area contributed by atoms with E-state index in [0.717, 1.165) is 19.3 Å². The van der Waals surface area contributed by atoms with Gasteiger partial charge in [0.25, 0.3) is 0 Å². The Morgan fingerprint density at radius 3 is 2.03 bits per heavy atom. The van der Waals surface area contributed by atoms with Crippen LogP contribution in [0.3, 0.4) is 0 Å². The molecule has 220 valence electrons. The van der Waals surface area contributed by atoms with Crippen LogP contribution in [0.5, 0.6) is 0 Å². The van der Waals surface area contributed by atoms with E-state index in [1.807, 2.05) is 6.92 Å². The van der Waals surface area contributed by atoms with Crippen LogP contribution in [-0.4, -0.2) is 67.9 Å². The Bertz CT molecular complexity index is 1070. The van der Waals surface area contributed by atoms with Gasteiger partial charge >= 0.3 is 11.9 Å². The van der Waals surface area contributed by atoms with E-state index in [-0.39, 0.29) is 47.3 Å². The van der Waals surface area contributed by atoms with Crippen molar-refractivity contribution in [1.29, 1.82) is 0 Å². The Labute approximate surface area is 238 Å². The van der Waals surface area contributed by atoms with Gasteiger partial charge in [0.05, 0.1) is 36.8 Å². The summed E-state index contributed by atoms with van der Waals surface area (Å²) in [6.07, 6.45) is 2.17. The molecule has 4 bridgehead atoms. The summed E-state index contributed by atoms with van der Waals surface area (Å²) in [6.45, 7) is 26.2. The first-order valence-electron chi connectivity index (χ1n) is 14.7. The van der Waals surface area contributed by atoms with Gasteiger partial charge in [0.2, 0.25) is 0 Å². The Morgan fingerprint density at radius 2 is 1.49 bits per heavy atom. The van der Waals surface area contributed by atoms with Crippen molar-refractivity contribution in [2.75, 3.05) is 7.11 Å². The number of carbonyl (C=O) groups is 2. The Kier molecular flexibility index (Phi) is 6.75. The van der Waals surface area contributed by atoms with E-state index in [2.05, 4.69) is 65.5 Å². The molecule has 5 rings (SSSR count). The third-order valence-electron chi connectivity index (χ3n) is 10.1. The SMILES string of the molecule is C=C1C[C@]23C[C@H]1[C@H](O[Si](C)(C)C)CC2[C@@]12C[C@H](O[Si](C)(C)C)[C@H](O[Si](C)(C)C)C(C)(C(=O)O1)C2[C@@H]3C(=O)OC. The third-order valence-corrected chi connectivity index (χ3v) is 13.1. The van der Waals surface area contributed by atoms with Gasteiger partial charge in [-0.15, -0.1) is 0 Å². The fraction of sp³-hybridized carbons (Fsp3) is 0.862. The highest BCUT2D eigenvalue weighted by Gasteiger charge is 2.85. The van der Waals surface area contributed by atoms with Gasteiger partial charge in [-0.3, -0.25) is 9.59 Å². The van der Waals surface area contributed by atoms with E-state index < -0.39 is 48.0 Å². The summed E-state index contributed by atoms with van der Waals surface area (Å²) in [5.74, 6) is -1.09. The van der Waals surface area contributed by atoms with Crippen LogP contribution in [0.1, 0.15) is 32.6 Å². The van der Waals surface area contributed by atoms with Gasteiger partial charge in [0.1, 0.15) is 5.60 Å². The van der Waals surface area contributed by atoms with E-state index in [9.17, 15) is 9.59 Å². The molecule has 0 amide bonds. The quantitative estimate of drug-likeness (QED) is 0.211. The van der Waals surface area contributed by atoms with E-state index in [0.29, 0.717) is 6.42 Å². The average Bonchev–Trinajstić information content (AvgIpc) is 3.23. The largest absolute Gasteiger partial charge is 0.469 e. The van der Waals surface area contributed by atoms with Crippen LogP contribution in [0.15, 0.2) is 12.2 Å². The van der Waals surface area contributed by atoms with Crippen LogP contribution in [0.25, 0.3) is 0 Å². The zero-order valence-electron chi connectivity index (χ0n) is 25.9. The van der Waals surface area contributed by atoms with Gasteiger partial charge in [-0.25, -0.2) is 0 Å². The molecule has 0 radical (unpaired) electrons. The van der Waals surface area contributed by atoms with Gasteiger partial charge < -0.3 is 22.8 Å². The van der Waals surface area contributed by atoms with Gasteiger partial charge in [-0.1, -0.05) is 12.2 Å². The van der Waals surface area contributed by atoms with Crippen molar-refractivity contribution in [2.45, 2.75) is 115 Å². The smallest absolute Gasteiger partial charge is 0.315 e. The first-order valence-corrected chi connectivity index (χ1v) is 24.9. The summed E-state index contributed by atoms with van der Waals surface area (Å²) in [5, 5.41) is 0. The maximum atomic E-state index is 14.2. The first kappa shape index (κ1) is 29.7. The molecule has 1 heterocycles. The standard InChI is InChI=1S/C29H50O7Si3/c1-17-14-28-15-18(17)19(34-37(4,5)6)13-21(28)29-16-20(35-38(7,8)9)24(36-39(10,11)12)27(2,26(31)33-29)23(29)22(28)25(30)32-3/h18-24H,1,13-16H2,2-12H3/t18-,19-,20+,21?,22-,23?,24+,27?,28+,29-/m1/s1. The molecule has 4 saturated carbocycles. The number of fused-ring (bicyclic) bond motifs is 1. The molecule has 1 aliphatic heterocycles. The maximum absolute atomic E-state index is 14.2. The average molecular weight is 595 g/mol. The van der Waals surface area contributed by atoms with Crippen molar-refractivity contribution in [3.05, 3.63) is 12.2 Å². The predicted octanol–water partition coefficient (Wildman–Crippen LogP) is 5.74. The van der Waals surface area contributed by atoms with Crippen molar-refractivity contribution in [3.8, 4) is 0 Å². The highest BCUT2D eigenvalue weighted by Crippen LogP contribution is 2.78. The van der Waals surface area contributed by atoms with Crippen molar-refractivity contribution < 1.29 is 32.3 Å². The summed E-state index contributed by atoms with van der Waals surface area (Å²) in [4.78, 5) is 28.1. The van der Waals surface area contributed by atoms with Crippen LogP contribution >= 0.6 is 0 Å². The van der Waals surface area contributed by atoms with Gasteiger partial charge in [-0.2, -0.15) is 0 Å². The molecule has 39 heavy (non-hydrogen) atoms. The number of esters is 2. The molecule has 3 unspecified atom stereocenters. The molecule has 0 aromatic carbocycles. The third kappa shape index (κ3) is 4.42. The Balaban J connectivity index is 1.70. The van der Waals surface area contributed by atoms with Gasteiger partial charge in [0, 0.05) is 24.2 Å². The monoisotopic (exact) mass is 594 g/mol. The topological polar surface area (TPSA) is 80.3 Å². The second kappa shape index (κ2) is 8.86. The summed E-state index contributed by atoms with van der Waals surface area (Å²) in [5.41, 5.74) is -1.02. The molecule has 5 aliphatic rings. The molecule has 10 atom stereocenters. The Hall–Kier alpha value is -0.789. The highest BCUT2D eigenvalue weighted by molar-refractivity contribution is 6.70. The van der Waals surface area contributed by atoms with Crippen LogP contribution in [0.4, 0.5) is 0 Å². The molecule has 7 nitrogen and oxygen atoms in total. The highest BCUT2D eigenvalue weighted by atomic mass is 28.4. The van der Waals surface area contributed by atoms with Gasteiger partial charge in [0.15, 0.2) is 25.0 Å². The van der Waals surface area contributed by atoms with E-state index in [4.69, 9.17) is 22.8 Å². The summed E-state index contributed by atoms with van der Waals surface area (Å²) in [6, 6.07) is 0. The molecule has 0 aromatic rings. The first-order chi connectivity index (χ1) is 17.7. The maximum Gasteiger partial charge on any atom is 0.315 e. The number of hydrogen-bond acceptors (Lipinski definition) is 7. The second-order valence-corrected chi connectivity index (χ2v) is 29.5. The van der Waals surface area contributed by atoms with Crippen LogP contribution in [0.2, 0.25) is 58.9 Å². The van der Waals surface area contributed by atoms with Crippen molar-refractivity contribution >= 4 is 36.9 Å². The summed E-state index contributed by atoms with van der Waals surface area (Å²) < 4.78 is 32.8. The zero-order chi connectivity index (χ0) is 29.1. The molecule has 10 heteroatoms. The lowest BCUT2D eigenvalue weighted by atomic mass is 9.58. The lowest BCUT2D eigenvalue weighted by molar-refractivity contribution is -0.165. The van der Waals surface area contributed by atoms with E-state index in [1.165, 1.54) is 12.7 Å². The molecular formula is C29H50O7Si3. The molecule has 4 aliphatic carbocycles. The molecule has 1 spiro atoms. The van der Waals surface area contributed by atoms with E-state index >= 15 is 0 Å². The summed E-state index contributed by atoms with van der Waals surface area (Å²) >= 11 is 0. The van der Waals surface area contributed by atoms with Crippen molar-refractivity contribution in [2.24, 2.45) is 34.5 Å². The van der Waals surface area contributed by atoms with Crippen LogP contribution in [-0.2, 0) is 32.3 Å².